The first-order chi connectivity index (χ1) is 10.1. The highest BCUT2D eigenvalue weighted by molar-refractivity contribution is 7.15. The van der Waals surface area contributed by atoms with E-state index in [1.165, 1.54) is 0 Å². The number of aryl methyl sites for hydroxylation is 1. The van der Waals surface area contributed by atoms with Crippen molar-refractivity contribution in [2.45, 2.75) is 13.5 Å². The third kappa shape index (κ3) is 2.66. The summed E-state index contributed by atoms with van der Waals surface area (Å²) in [6, 6.07) is 1.77. The maximum Gasteiger partial charge on any atom is 0.238 e. The van der Waals surface area contributed by atoms with E-state index in [2.05, 4.69) is 15.3 Å². The molecule has 0 saturated carbocycles. The minimum absolute atomic E-state index is 0.352. The summed E-state index contributed by atoms with van der Waals surface area (Å²) in [7, 11) is 1.61. The number of nitrogens with zero attached hydrogens (tertiary/aromatic N) is 3. The second-order valence-electron chi connectivity index (χ2n) is 4.40. The van der Waals surface area contributed by atoms with Crippen molar-refractivity contribution in [3.63, 3.8) is 0 Å². The molecule has 3 aromatic heterocycles. The van der Waals surface area contributed by atoms with E-state index in [1.807, 2.05) is 22.9 Å². The fraction of sp³-hybridized carbons (Fsp3) is 0.231. The Morgan fingerprint density at radius 1 is 1.38 bits per heavy atom. The van der Waals surface area contributed by atoms with Crippen LogP contribution in [0.1, 0.15) is 11.3 Å². The van der Waals surface area contributed by atoms with Crippen LogP contribution in [0.2, 0.25) is 10.3 Å². The molecule has 110 valence electrons. The average Bonchev–Trinajstić information content (AvgIpc) is 2.98. The van der Waals surface area contributed by atoms with Gasteiger partial charge < -0.3 is 10.1 Å². The quantitative estimate of drug-likeness (QED) is 0.727. The van der Waals surface area contributed by atoms with Crippen LogP contribution in [0.25, 0.3) is 4.96 Å². The molecule has 0 aromatic carbocycles. The molecule has 0 saturated heterocycles. The van der Waals surface area contributed by atoms with Gasteiger partial charge >= 0.3 is 0 Å². The molecule has 1 N–H and O–H groups in total. The first-order valence-electron chi connectivity index (χ1n) is 6.15. The van der Waals surface area contributed by atoms with Gasteiger partial charge in [0.2, 0.25) is 5.88 Å². The molecule has 8 heteroatoms. The lowest BCUT2D eigenvalue weighted by Crippen LogP contribution is -2.06. The van der Waals surface area contributed by atoms with Crippen molar-refractivity contribution in [1.82, 2.24) is 14.4 Å². The Morgan fingerprint density at radius 2 is 2.19 bits per heavy atom. The van der Waals surface area contributed by atoms with Crippen molar-refractivity contribution in [2.75, 3.05) is 12.4 Å². The van der Waals surface area contributed by atoms with Crippen LogP contribution in [-0.2, 0) is 6.54 Å². The summed E-state index contributed by atoms with van der Waals surface area (Å²) in [5.74, 6) is 0.602. The second kappa shape index (κ2) is 5.71. The topological polar surface area (TPSA) is 51.5 Å². The normalized spacial score (nSPS) is 11.0. The van der Waals surface area contributed by atoms with Crippen molar-refractivity contribution in [2.24, 2.45) is 0 Å². The number of methoxy groups -OCH3 is 1. The molecule has 0 atom stereocenters. The van der Waals surface area contributed by atoms with Crippen LogP contribution < -0.4 is 10.1 Å². The molecule has 0 aliphatic heterocycles. The first kappa shape index (κ1) is 14.4. The number of hydrogen-bond donors (Lipinski definition) is 1. The summed E-state index contributed by atoms with van der Waals surface area (Å²) in [6.45, 7) is 2.44. The highest BCUT2D eigenvalue weighted by Gasteiger charge is 2.15. The fourth-order valence-electron chi connectivity index (χ4n) is 2.12. The Kier molecular flexibility index (Phi) is 3.93. The SMILES string of the molecule is COc1nc2sccn2c1CNc1c(C)cc(Cl)nc1Cl. The Morgan fingerprint density at radius 3 is 2.90 bits per heavy atom. The lowest BCUT2D eigenvalue weighted by atomic mass is 10.2. The van der Waals surface area contributed by atoms with Crippen molar-refractivity contribution >= 4 is 45.2 Å². The highest BCUT2D eigenvalue weighted by Crippen LogP contribution is 2.29. The van der Waals surface area contributed by atoms with E-state index < -0.39 is 0 Å². The molecule has 21 heavy (non-hydrogen) atoms. The van der Waals surface area contributed by atoms with Crippen LogP contribution in [0.15, 0.2) is 17.6 Å². The minimum Gasteiger partial charge on any atom is -0.480 e. The molecule has 3 rings (SSSR count). The highest BCUT2D eigenvalue weighted by atomic mass is 35.5. The van der Waals surface area contributed by atoms with E-state index in [-0.39, 0.29) is 0 Å². The van der Waals surface area contributed by atoms with E-state index in [0.29, 0.717) is 22.7 Å². The lowest BCUT2D eigenvalue weighted by Gasteiger charge is -2.11. The van der Waals surface area contributed by atoms with Gasteiger partial charge in [0.25, 0.3) is 0 Å². The Balaban J connectivity index is 1.91. The predicted molar refractivity (Wildman–Crippen MR) is 85.9 cm³/mol. The van der Waals surface area contributed by atoms with Gasteiger partial charge in [-0.05, 0) is 18.6 Å². The standard InChI is InChI=1S/C13H12Cl2N4OS/c1-7-5-9(14)17-11(15)10(7)16-6-8-12(20-2)18-13-19(8)3-4-21-13/h3-5,16H,6H2,1-2H3. The molecule has 3 aromatic rings. The molecule has 3 heterocycles. The van der Waals surface area contributed by atoms with Gasteiger partial charge in [-0.2, -0.15) is 4.98 Å². The zero-order valence-electron chi connectivity index (χ0n) is 11.4. The number of anilines is 1. The van der Waals surface area contributed by atoms with Gasteiger partial charge in [-0.3, -0.25) is 4.40 Å². The molecule has 0 aliphatic carbocycles. The second-order valence-corrected chi connectivity index (χ2v) is 6.02. The monoisotopic (exact) mass is 342 g/mol. The van der Waals surface area contributed by atoms with Crippen LogP contribution in [0.3, 0.4) is 0 Å². The van der Waals surface area contributed by atoms with E-state index in [4.69, 9.17) is 27.9 Å². The number of halogens is 2. The van der Waals surface area contributed by atoms with Crippen molar-refractivity contribution in [3.05, 3.63) is 39.2 Å². The van der Waals surface area contributed by atoms with Crippen molar-refractivity contribution in [3.8, 4) is 5.88 Å². The number of aromatic nitrogens is 3. The number of ether oxygens (including phenoxy) is 1. The van der Waals surface area contributed by atoms with Crippen LogP contribution >= 0.6 is 34.5 Å². The summed E-state index contributed by atoms with van der Waals surface area (Å²) < 4.78 is 7.31. The fourth-order valence-corrected chi connectivity index (χ4v) is 3.44. The number of fused-ring (bicyclic) bond motifs is 1. The lowest BCUT2D eigenvalue weighted by molar-refractivity contribution is 0.395. The zero-order valence-corrected chi connectivity index (χ0v) is 13.7. The Bertz CT molecular complexity index is 776. The van der Waals surface area contributed by atoms with Gasteiger partial charge in [0, 0.05) is 11.6 Å². The third-order valence-corrected chi connectivity index (χ3v) is 4.32. The molecule has 0 bridgehead atoms. The largest absolute Gasteiger partial charge is 0.480 e. The molecular formula is C13H12Cl2N4OS. The van der Waals surface area contributed by atoms with E-state index >= 15 is 0 Å². The molecule has 0 fully saturated rings. The van der Waals surface area contributed by atoms with Crippen molar-refractivity contribution < 1.29 is 4.74 Å². The molecular weight excluding hydrogens is 331 g/mol. The molecule has 0 amide bonds. The summed E-state index contributed by atoms with van der Waals surface area (Å²) >= 11 is 13.6. The molecule has 0 unspecified atom stereocenters. The molecule has 0 aliphatic rings. The number of rotatable bonds is 4. The number of imidazole rings is 1. The predicted octanol–water partition coefficient (Wildman–Crippen LogP) is 4.03. The van der Waals surface area contributed by atoms with E-state index in [0.717, 1.165) is 21.9 Å². The smallest absolute Gasteiger partial charge is 0.238 e. The van der Waals surface area contributed by atoms with Crippen molar-refractivity contribution in [1.29, 1.82) is 0 Å². The average molecular weight is 343 g/mol. The van der Waals surface area contributed by atoms with E-state index in [9.17, 15) is 0 Å². The third-order valence-electron chi connectivity index (χ3n) is 3.09. The van der Waals surface area contributed by atoms with Gasteiger partial charge in [0.1, 0.15) is 10.8 Å². The van der Waals surface area contributed by atoms with Crippen LogP contribution in [-0.4, -0.2) is 21.5 Å². The number of pyridine rings is 1. The van der Waals surface area contributed by atoms with Crippen LogP contribution in [0.5, 0.6) is 5.88 Å². The summed E-state index contributed by atoms with van der Waals surface area (Å²) in [5.41, 5.74) is 2.62. The Hall–Kier alpha value is -1.50. The number of thiazole rings is 1. The summed E-state index contributed by atoms with van der Waals surface area (Å²) in [4.78, 5) is 9.35. The van der Waals surface area contributed by atoms with Gasteiger partial charge in [-0.15, -0.1) is 11.3 Å². The number of nitrogens with one attached hydrogen (secondary N) is 1. The minimum atomic E-state index is 0.352. The zero-order chi connectivity index (χ0) is 15.0. The van der Waals surface area contributed by atoms with Gasteiger partial charge in [0.05, 0.1) is 19.3 Å². The molecule has 5 nitrogen and oxygen atoms in total. The van der Waals surface area contributed by atoms with E-state index in [1.54, 1.807) is 24.5 Å². The van der Waals surface area contributed by atoms with Crippen LogP contribution in [0.4, 0.5) is 5.69 Å². The molecule has 0 spiro atoms. The first-order valence-corrected chi connectivity index (χ1v) is 7.78. The Labute approximate surface area is 135 Å². The number of hydrogen-bond acceptors (Lipinski definition) is 5. The van der Waals surface area contributed by atoms with Crippen LogP contribution in [0, 0.1) is 6.92 Å². The van der Waals surface area contributed by atoms with Gasteiger partial charge in [0.15, 0.2) is 10.1 Å². The maximum absolute atomic E-state index is 6.14. The summed E-state index contributed by atoms with van der Waals surface area (Å²) in [5, 5.41) is 5.99. The van der Waals surface area contributed by atoms with Gasteiger partial charge in [-0.1, -0.05) is 23.2 Å². The van der Waals surface area contributed by atoms with Gasteiger partial charge in [-0.25, -0.2) is 4.98 Å². The maximum atomic E-state index is 6.14. The summed E-state index contributed by atoms with van der Waals surface area (Å²) in [6.07, 6.45) is 1.96. The molecule has 0 radical (unpaired) electrons.